The van der Waals surface area contributed by atoms with Crippen LogP contribution < -0.4 is 5.32 Å². The summed E-state index contributed by atoms with van der Waals surface area (Å²) >= 11 is 0. The highest BCUT2D eigenvalue weighted by atomic mass is 14.9. The molecule has 1 aromatic carbocycles. The molecule has 0 radical (unpaired) electrons. The zero-order valence-electron chi connectivity index (χ0n) is 14.3. The van der Waals surface area contributed by atoms with Gasteiger partial charge >= 0.3 is 0 Å². The maximum Gasteiger partial charge on any atom is 0.000846 e. The maximum atomic E-state index is 3.66. The zero-order chi connectivity index (χ0) is 15.2. The number of benzene rings is 1. The zero-order valence-corrected chi connectivity index (χ0v) is 14.3. The van der Waals surface area contributed by atoms with E-state index in [1.54, 1.807) is 0 Å². The highest BCUT2D eigenvalue weighted by Crippen LogP contribution is 2.28. The largest absolute Gasteiger partial charge is 0.316 e. The fourth-order valence-electron chi connectivity index (χ4n) is 3.17. The Hall–Kier alpha value is -0.820. The van der Waals surface area contributed by atoms with Gasteiger partial charge < -0.3 is 5.32 Å². The van der Waals surface area contributed by atoms with E-state index in [1.807, 2.05) is 0 Å². The lowest BCUT2D eigenvalue weighted by molar-refractivity contribution is 0.271. The molecule has 1 rings (SSSR count). The van der Waals surface area contributed by atoms with E-state index in [-0.39, 0.29) is 0 Å². The predicted molar refractivity (Wildman–Crippen MR) is 90.3 cm³/mol. The molecule has 1 unspecified atom stereocenters. The third kappa shape index (κ3) is 6.09. The van der Waals surface area contributed by atoms with Crippen LogP contribution in [0.2, 0.25) is 0 Å². The minimum absolute atomic E-state index is 0.365. The van der Waals surface area contributed by atoms with Gasteiger partial charge in [0.15, 0.2) is 0 Å². The minimum atomic E-state index is 0.365. The van der Waals surface area contributed by atoms with Crippen LogP contribution in [-0.4, -0.2) is 13.1 Å². The monoisotopic (exact) mass is 275 g/mol. The number of hydrogen-bond donors (Lipinski definition) is 1. The van der Waals surface area contributed by atoms with Crippen LogP contribution in [0, 0.1) is 25.2 Å². The summed E-state index contributed by atoms with van der Waals surface area (Å²) in [5, 5.41) is 3.66. The van der Waals surface area contributed by atoms with Gasteiger partial charge in [0.1, 0.15) is 0 Å². The Balaban J connectivity index is 2.73. The van der Waals surface area contributed by atoms with Gasteiger partial charge in [-0.3, -0.25) is 0 Å². The standard InChI is InChI=1S/C19H33N/c1-7-8-19(6,14-20-13-15(2)3)12-18-10-16(4)9-17(5)11-18/h9-11,15,20H,7-8,12-14H2,1-6H3. The van der Waals surface area contributed by atoms with Gasteiger partial charge in [0, 0.05) is 6.54 Å². The molecule has 0 saturated carbocycles. The van der Waals surface area contributed by atoms with Crippen molar-refractivity contribution < 1.29 is 0 Å². The van der Waals surface area contributed by atoms with Gasteiger partial charge in [0.25, 0.3) is 0 Å². The second-order valence-corrected chi connectivity index (χ2v) is 7.26. The average molecular weight is 275 g/mol. The van der Waals surface area contributed by atoms with Crippen molar-refractivity contribution in [2.45, 2.75) is 60.8 Å². The fourth-order valence-corrected chi connectivity index (χ4v) is 3.17. The quantitative estimate of drug-likeness (QED) is 0.711. The van der Waals surface area contributed by atoms with Crippen LogP contribution in [0.4, 0.5) is 0 Å². The molecule has 1 N–H and O–H groups in total. The van der Waals surface area contributed by atoms with Crippen molar-refractivity contribution in [1.82, 2.24) is 5.32 Å². The molecule has 0 bridgehead atoms. The van der Waals surface area contributed by atoms with Gasteiger partial charge in [-0.1, -0.05) is 63.4 Å². The molecule has 0 spiro atoms. The molecule has 1 nitrogen and oxygen atoms in total. The molecule has 0 aliphatic carbocycles. The highest BCUT2D eigenvalue weighted by molar-refractivity contribution is 5.29. The van der Waals surface area contributed by atoms with Crippen molar-refractivity contribution in [2.75, 3.05) is 13.1 Å². The predicted octanol–water partition coefficient (Wildman–Crippen LogP) is 4.90. The lowest BCUT2D eigenvalue weighted by atomic mass is 9.79. The lowest BCUT2D eigenvalue weighted by Gasteiger charge is -2.30. The Labute approximate surface area is 126 Å². The molecular formula is C19H33N. The summed E-state index contributed by atoms with van der Waals surface area (Å²) in [5.41, 5.74) is 4.62. The van der Waals surface area contributed by atoms with Gasteiger partial charge in [0.2, 0.25) is 0 Å². The first kappa shape index (κ1) is 17.2. The van der Waals surface area contributed by atoms with Crippen LogP contribution in [0.5, 0.6) is 0 Å². The third-order valence-electron chi connectivity index (χ3n) is 3.87. The fraction of sp³-hybridized carbons (Fsp3) is 0.684. The molecule has 114 valence electrons. The van der Waals surface area contributed by atoms with Crippen LogP contribution in [0.3, 0.4) is 0 Å². The molecular weight excluding hydrogens is 242 g/mol. The Kier molecular flexibility index (Phi) is 6.75. The summed E-state index contributed by atoms with van der Waals surface area (Å²) in [4.78, 5) is 0. The van der Waals surface area contributed by atoms with Crippen molar-refractivity contribution >= 4 is 0 Å². The summed E-state index contributed by atoms with van der Waals surface area (Å²) < 4.78 is 0. The SMILES string of the molecule is CCCC(C)(CNCC(C)C)Cc1cc(C)cc(C)c1. The molecule has 0 aliphatic heterocycles. The Morgan fingerprint density at radius 1 is 1.10 bits per heavy atom. The average Bonchev–Trinajstić information content (AvgIpc) is 2.26. The van der Waals surface area contributed by atoms with Crippen LogP contribution in [0.15, 0.2) is 18.2 Å². The van der Waals surface area contributed by atoms with Crippen molar-refractivity contribution in [3.05, 3.63) is 34.9 Å². The molecule has 0 amide bonds. The summed E-state index contributed by atoms with van der Waals surface area (Å²) in [5.74, 6) is 0.724. The number of hydrogen-bond acceptors (Lipinski definition) is 1. The summed E-state index contributed by atoms with van der Waals surface area (Å²) in [6, 6.07) is 6.96. The first-order chi connectivity index (χ1) is 9.34. The van der Waals surface area contributed by atoms with E-state index in [4.69, 9.17) is 0 Å². The first-order valence-electron chi connectivity index (χ1n) is 8.12. The molecule has 1 aromatic rings. The number of aryl methyl sites for hydroxylation is 2. The molecule has 0 saturated heterocycles. The van der Waals surface area contributed by atoms with E-state index in [1.165, 1.54) is 36.0 Å². The van der Waals surface area contributed by atoms with E-state index in [9.17, 15) is 0 Å². The maximum absolute atomic E-state index is 3.66. The molecule has 0 aromatic heterocycles. The van der Waals surface area contributed by atoms with E-state index in [0.717, 1.165) is 19.0 Å². The van der Waals surface area contributed by atoms with Gasteiger partial charge in [-0.25, -0.2) is 0 Å². The minimum Gasteiger partial charge on any atom is -0.316 e. The van der Waals surface area contributed by atoms with Crippen LogP contribution in [0.25, 0.3) is 0 Å². The van der Waals surface area contributed by atoms with Crippen molar-refractivity contribution in [1.29, 1.82) is 0 Å². The molecule has 1 atom stereocenters. The summed E-state index contributed by atoms with van der Waals surface area (Å²) in [6.07, 6.45) is 3.71. The van der Waals surface area contributed by atoms with Crippen molar-refractivity contribution in [3.63, 3.8) is 0 Å². The molecule has 20 heavy (non-hydrogen) atoms. The molecule has 0 heterocycles. The topological polar surface area (TPSA) is 12.0 Å². The van der Waals surface area contributed by atoms with E-state index in [0.29, 0.717) is 5.41 Å². The van der Waals surface area contributed by atoms with Crippen LogP contribution in [-0.2, 0) is 6.42 Å². The van der Waals surface area contributed by atoms with E-state index >= 15 is 0 Å². The summed E-state index contributed by atoms with van der Waals surface area (Å²) in [6.45, 7) is 15.9. The second kappa shape index (κ2) is 7.83. The highest BCUT2D eigenvalue weighted by Gasteiger charge is 2.23. The Morgan fingerprint density at radius 3 is 2.20 bits per heavy atom. The lowest BCUT2D eigenvalue weighted by Crippen LogP contribution is -2.35. The van der Waals surface area contributed by atoms with E-state index in [2.05, 4.69) is 65.1 Å². The van der Waals surface area contributed by atoms with E-state index < -0.39 is 0 Å². The molecule has 0 aliphatic rings. The van der Waals surface area contributed by atoms with Crippen molar-refractivity contribution in [2.24, 2.45) is 11.3 Å². The first-order valence-corrected chi connectivity index (χ1v) is 8.12. The van der Waals surface area contributed by atoms with Gasteiger partial charge in [-0.2, -0.15) is 0 Å². The molecule has 0 fully saturated rings. The van der Waals surface area contributed by atoms with Gasteiger partial charge in [0.05, 0.1) is 0 Å². The van der Waals surface area contributed by atoms with Crippen LogP contribution in [0.1, 0.15) is 57.2 Å². The smallest absolute Gasteiger partial charge is 0.000846 e. The number of nitrogens with one attached hydrogen (secondary N) is 1. The second-order valence-electron chi connectivity index (χ2n) is 7.26. The van der Waals surface area contributed by atoms with Crippen molar-refractivity contribution in [3.8, 4) is 0 Å². The number of rotatable bonds is 8. The molecule has 1 heteroatoms. The normalized spacial score (nSPS) is 14.6. The van der Waals surface area contributed by atoms with Gasteiger partial charge in [-0.15, -0.1) is 0 Å². The Morgan fingerprint density at radius 2 is 1.70 bits per heavy atom. The third-order valence-corrected chi connectivity index (χ3v) is 3.87. The summed E-state index contributed by atoms with van der Waals surface area (Å²) in [7, 11) is 0. The van der Waals surface area contributed by atoms with Crippen LogP contribution >= 0.6 is 0 Å². The van der Waals surface area contributed by atoms with Gasteiger partial charge in [-0.05, 0) is 50.1 Å². The Bertz CT molecular complexity index is 388.